The Hall–Kier alpha value is -3.01. The van der Waals surface area contributed by atoms with E-state index >= 15 is 0 Å². The van der Waals surface area contributed by atoms with Crippen LogP contribution < -0.4 is 19.8 Å². The fraction of sp³-hybridized carbons (Fsp3) is 0.200. The van der Waals surface area contributed by atoms with E-state index in [0.29, 0.717) is 32.2 Å². The molecule has 2 aliphatic rings. The molecule has 1 atom stereocenters. The van der Waals surface area contributed by atoms with Gasteiger partial charge in [0.25, 0.3) is 11.5 Å². The predicted octanol–water partition coefficient (Wildman–Crippen LogP) is 3.56. The summed E-state index contributed by atoms with van der Waals surface area (Å²) in [5.41, 5.74) is 2.73. The molecule has 35 heavy (non-hydrogen) atoms. The molecule has 0 aliphatic carbocycles. The molecule has 0 unspecified atom stereocenters. The van der Waals surface area contributed by atoms with Crippen molar-refractivity contribution in [3.8, 4) is 0 Å². The number of anilines is 1. The molecule has 3 aromatic rings. The second-order valence-electron chi connectivity index (χ2n) is 8.08. The van der Waals surface area contributed by atoms with Crippen LogP contribution in [0.2, 0.25) is 5.02 Å². The first-order valence-electron chi connectivity index (χ1n) is 10.8. The maximum Gasteiger partial charge on any atom is 0.338 e. The molecule has 3 heterocycles. The van der Waals surface area contributed by atoms with Gasteiger partial charge in [-0.2, -0.15) is 0 Å². The minimum Gasteiger partial charge on any atom is -0.463 e. The van der Waals surface area contributed by atoms with Crippen molar-refractivity contribution in [1.82, 2.24) is 4.57 Å². The molecule has 178 valence electrons. The number of amides is 1. The van der Waals surface area contributed by atoms with Gasteiger partial charge in [0.2, 0.25) is 0 Å². The van der Waals surface area contributed by atoms with Gasteiger partial charge in [0.1, 0.15) is 4.53 Å². The second kappa shape index (κ2) is 8.89. The average molecular weight is 573 g/mol. The summed E-state index contributed by atoms with van der Waals surface area (Å²) >= 11 is 10.7. The van der Waals surface area contributed by atoms with E-state index in [2.05, 4.69) is 20.9 Å². The first-order chi connectivity index (χ1) is 16.7. The quantitative estimate of drug-likeness (QED) is 0.450. The number of fused-ring (bicyclic) bond motifs is 2. The number of nitrogens with zero attached hydrogens (tertiary/aromatic N) is 3. The second-order valence-corrected chi connectivity index (χ2v) is 10.4. The largest absolute Gasteiger partial charge is 0.463 e. The van der Waals surface area contributed by atoms with Gasteiger partial charge in [-0.25, -0.2) is 9.79 Å². The van der Waals surface area contributed by atoms with Crippen molar-refractivity contribution >= 4 is 62.0 Å². The maximum atomic E-state index is 13.9. The van der Waals surface area contributed by atoms with Crippen molar-refractivity contribution in [1.29, 1.82) is 0 Å². The van der Waals surface area contributed by atoms with Crippen LogP contribution in [0.1, 0.15) is 31.0 Å². The lowest BCUT2D eigenvalue weighted by Gasteiger charge is -2.24. The van der Waals surface area contributed by atoms with E-state index in [1.54, 1.807) is 45.2 Å². The minimum atomic E-state index is -0.770. The monoisotopic (exact) mass is 571 g/mol. The molecule has 0 fully saturated rings. The fourth-order valence-corrected chi connectivity index (χ4v) is 6.04. The van der Waals surface area contributed by atoms with E-state index in [1.165, 1.54) is 9.47 Å². The molecule has 0 saturated heterocycles. The molecule has 0 N–H and O–H groups in total. The Balaban J connectivity index is 1.84. The van der Waals surface area contributed by atoms with Crippen LogP contribution in [-0.4, -0.2) is 30.1 Å². The molecule has 2 aliphatic heterocycles. The number of aromatic nitrogens is 1. The summed E-state index contributed by atoms with van der Waals surface area (Å²) < 4.78 is 7.85. The molecule has 0 bridgehead atoms. The predicted molar refractivity (Wildman–Crippen MR) is 138 cm³/mol. The van der Waals surface area contributed by atoms with Gasteiger partial charge in [0.05, 0.1) is 35.2 Å². The third-order valence-electron chi connectivity index (χ3n) is 6.01. The van der Waals surface area contributed by atoms with Crippen LogP contribution in [-0.2, 0) is 14.3 Å². The normalized spacial score (nSPS) is 18.4. The first-order valence-corrected chi connectivity index (χ1v) is 12.8. The number of esters is 1. The van der Waals surface area contributed by atoms with Crippen molar-refractivity contribution in [3.05, 3.63) is 94.0 Å². The summed E-state index contributed by atoms with van der Waals surface area (Å²) in [6, 6.07) is 11.7. The van der Waals surface area contributed by atoms with Crippen molar-refractivity contribution in [3.63, 3.8) is 0 Å². The van der Waals surface area contributed by atoms with Crippen LogP contribution in [0.25, 0.3) is 5.57 Å². The zero-order valence-corrected chi connectivity index (χ0v) is 22.1. The molecule has 7 nitrogen and oxygen atoms in total. The number of halogens is 2. The van der Waals surface area contributed by atoms with Gasteiger partial charge in [0, 0.05) is 22.1 Å². The third-order valence-corrected chi connectivity index (χ3v) is 7.81. The topological polar surface area (TPSA) is 81.0 Å². The molecule has 1 amide bonds. The summed E-state index contributed by atoms with van der Waals surface area (Å²) in [5.74, 6) is -0.814. The van der Waals surface area contributed by atoms with Crippen molar-refractivity contribution in [2.45, 2.75) is 19.9 Å². The number of hydrogen-bond acceptors (Lipinski definition) is 6. The number of carbonyl (C=O) groups excluding carboxylic acids is 2. The lowest BCUT2D eigenvalue weighted by Crippen LogP contribution is -2.40. The van der Waals surface area contributed by atoms with Gasteiger partial charge in [-0.15, -0.1) is 0 Å². The van der Waals surface area contributed by atoms with Crippen molar-refractivity contribution in [2.75, 3.05) is 18.6 Å². The Kier molecular flexibility index (Phi) is 6.03. The van der Waals surface area contributed by atoms with Crippen LogP contribution in [0.5, 0.6) is 0 Å². The standard InChI is InChI=1S/C25H19BrClN3O4S/c1-4-34-24(33)18-12(2)28-25-30(20(18)13-5-8-15(27)9-6-13)23(32)21(35-25)19-16-11-14(26)7-10-17(16)29(3)22(19)31/h5-11,20H,4H2,1-3H3/b21-19-/t20-/m1/s1. The summed E-state index contributed by atoms with van der Waals surface area (Å²) in [7, 11) is 1.68. The molecule has 10 heteroatoms. The SMILES string of the molecule is CCOC(=O)C1=C(C)N=c2s/c(=C3\C(=O)N(C)c4ccc(Br)cc43)c(=O)n2[C@@H]1c1ccc(Cl)cc1. The van der Waals surface area contributed by atoms with Gasteiger partial charge in [0.15, 0.2) is 4.80 Å². The highest BCUT2D eigenvalue weighted by Crippen LogP contribution is 2.36. The van der Waals surface area contributed by atoms with E-state index < -0.39 is 17.6 Å². The Morgan fingerprint density at radius 1 is 1.20 bits per heavy atom. The van der Waals surface area contributed by atoms with E-state index in [1.807, 2.05) is 18.2 Å². The van der Waals surface area contributed by atoms with E-state index in [4.69, 9.17) is 16.3 Å². The van der Waals surface area contributed by atoms with E-state index in [-0.39, 0.29) is 22.6 Å². The number of likely N-dealkylation sites (N-methyl/N-ethyl adjacent to an activating group) is 1. The zero-order valence-electron chi connectivity index (χ0n) is 19.0. The molecular formula is C25H19BrClN3O4S. The highest BCUT2D eigenvalue weighted by molar-refractivity contribution is 9.10. The summed E-state index contributed by atoms with van der Waals surface area (Å²) in [5, 5.41) is 0.531. The Labute approximate surface area is 217 Å². The lowest BCUT2D eigenvalue weighted by molar-refractivity contribution is -0.139. The number of rotatable bonds is 3. The molecule has 0 saturated carbocycles. The van der Waals surface area contributed by atoms with Crippen LogP contribution in [0.4, 0.5) is 5.69 Å². The number of hydrogen-bond donors (Lipinski definition) is 0. The smallest absolute Gasteiger partial charge is 0.338 e. The Bertz CT molecular complexity index is 1620. The summed E-state index contributed by atoms with van der Waals surface area (Å²) in [6.45, 7) is 3.63. The highest BCUT2D eigenvalue weighted by atomic mass is 79.9. The molecule has 5 rings (SSSR count). The summed E-state index contributed by atoms with van der Waals surface area (Å²) in [6.07, 6.45) is 0. The number of allylic oxidation sites excluding steroid dienone is 1. The number of carbonyl (C=O) groups is 2. The number of benzene rings is 2. The molecule has 2 aromatic carbocycles. The lowest BCUT2D eigenvalue weighted by atomic mass is 9.96. The molecular weight excluding hydrogens is 554 g/mol. The molecule has 0 spiro atoms. The van der Waals surface area contributed by atoms with Crippen LogP contribution in [0.3, 0.4) is 0 Å². The van der Waals surface area contributed by atoms with Crippen LogP contribution >= 0.6 is 38.9 Å². The van der Waals surface area contributed by atoms with Crippen LogP contribution in [0, 0.1) is 0 Å². The van der Waals surface area contributed by atoms with Gasteiger partial charge in [-0.05, 0) is 49.7 Å². The highest BCUT2D eigenvalue weighted by Gasteiger charge is 2.36. The summed E-state index contributed by atoms with van der Waals surface area (Å²) in [4.78, 5) is 46.7. The van der Waals surface area contributed by atoms with Gasteiger partial charge in [-0.1, -0.05) is 51.0 Å². The fourth-order valence-electron chi connectivity index (χ4n) is 4.42. The van der Waals surface area contributed by atoms with Gasteiger partial charge in [-0.3, -0.25) is 14.2 Å². The Morgan fingerprint density at radius 3 is 2.60 bits per heavy atom. The third kappa shape index (κ3) is 3.78. The molecule has 1 aromatic heterocycles. The average Bonchev–Trinajstić information content (AvgIpc) is 3.26. The van der Waals surface area contributed by atoms with Crippen molar-refractivity contribution in [2.24, 2.45) is 4.99 Å². The zero-order chi connectivity index (χ0) is 25.0. The minimum absolute atomic E-state index is 0.185. The van der Waals surface area contributed by atoms with Crippen molar-refractivity contribution < 1.29 is 14.3 Å². The number of ether oxygens (including phenoxy) is 1. The first kappa shape index (κ1) is 23.7. The Morgan fingerprint density at radius 2 is 1.91 bits per heavy atom. The number of thiazole rings is 1. The molecule has 0 radical (unpaired) electrons. The van der Waals surface area contributed by atoms with E-state index in [9.17, 15) is 14.4 Å². The van der Waals surface area contributed by atoms with E-state index in [0.717, 1.165) is 21.5 Å². The van der Waals surface area contributed by atoms with Gasteiger partial charge >= 0.3 is 5.97 Å². The van der Waals surface area contributed by atoms with Gasteiger partial charge < -0.3 is 9.64 Å². The van der Waals surface area contributed by atoms with Crippen LogP contribution in [0.15, 0.2) is 68.0 Å². The maximum absolute atomic E-state index is 13.9.